The first-order valence-electron chi connectivity index (χ1n) is 4.38. The number of nitrogens with zero attached hydrogens (tertiary/aromatic N) is 3. The van der Waals surface area contributed by atoms with E-state index in [0.29, 0.717) is 12.1 Å². The van der Waals surface area contributed by atoms with Crippen LogP contribution in [0.3, 0.4) is 0 Å². The summed E-state index contributed by atoms with van der Waals surface area (Å²) < 4.78 is 0. The molecule has 14 heavy (non-hydrogen) atoms. The molecule has 0 fully saturated rings. The van der Waals surface area contributed by atoms with E-state index in [-0.39, 0.29) is 5.91 Å². The van der Waals surface area contributed by atoms with Crippen molar-refractivity contribution in [2.45, 2.75) is 0 Å². The molecule has 0 unspecified atom stereocenters. The van der Waals surface area contributed by atoms with E-state index in [4.69, 9.17) is 0 Å². The van der Waals surface area contributed by atoms with E-state index in [1.54, 1.807) is 0 Å². The van der Waals surface area contributed by atoms with Gasteiger partial charge in [-0.3, -0.25) is 4.79 Å². The molecule has 1 amide bonds. The van der Waals surface area contributed by atoms with E-state index in [0.717, 1.165) is 6.54 Å². The molecule has 0 aliphatic heterocycles. The molecule has 0 aromatic carbocycles. The summed E-state index contributed by atoms with van der Waals surface area (Å²) in [6.45, 7) is 1.44. The average Bonchev–Trinajstić information content (AvgIpc) is 2.18. The lowest BCUT2D eigenvalue weighted by Gasteiger charge is -2.09. The molecule has 5 nitrogen and oxygen atoms in total. The van der Waals surface area contributed by atoms with Crippen LogP contribution in [0.25, 0.3) is 0 Å². The summed E-state index contributed by atoms with van der Waals surface area (Å²) >= 11 is 0. The van der Waals surface area contributed by atoms with Gasteiger partial charge in [0, 0.05) is 25.5 Å². The highest BCUT2D eigenvalue weighted by Gasteiger charge is 2.03. The fourth-order valence-corrected chi connectivity index (χ4v) is 0.911. The van der Waals surface area contributed by atoms with Crippen molar-refractivity contribution in [2.75, 3.05) is 27.2 Å². The van der Waals surface area contributed by atoms with Gasteiger partial charge in [0.25, 0.3) is 5.91 Å². The molecule has 0 atom stereocenters. The SMILES string of the molecule is CN(C)CCNC(=O)c1cncnc1. The summed E-state index contributed by atoms with van der Waals surface area (Å²) in [5, 5.41) is 2.77. The minimum absolute atomic E-state index is 0.132. The third kappa shape index (κ3) is 3.49. The van der Waals surface area contributed by atoms with Gasteiger partial charge in [0.2, 0.25) is 0 Å². The highest BCUT2D eigenvalue weighted by atomic mass is 16.1. The zero-order valence-electron chi connectivity index (χ0n) is 8.40. The normalized spacial score (nSPS) is 10.2. The Morgan fingerprint density at radius 2 is 2.07 bits per heavy atom. The van der Waals surface area contributed by atoms with Crippen molar-refractivity contribution >= 4 is 5.91 Å². The van der Waals surface area contributed by atoms with Crippen molar-refractivity contribution < 1.29 is 4.79 Å². The van der Waals surface area contributed by atoms with E-state index in [2.05, 4.69) is 15.3 Å². The second kappa shape index (κ2) is 5.29. The number of carbonyl (C=O) groups excluding carboxylic acids is 1. The summed E-state index contributed by atoms with van der Waals surface area (Å²) in [6, 6.07) is 0. The monoisotopic (exact) mass is 194 g/mol. The number of amides is 1. The van der Waals surface area contributed by atoms with Gasteiger partial charge < -0.3 is 10.2 Å². The van der Waals surface area contributed by atoms with Crippen LogP contribution in [0.5, 0.6) is 0 Å². The van der Waals surface area contributed by atoms with Crippen molar-refractivity contribution in [2.24, 2.45) is 0 Å². The van der Waals surface area contributed by atoms with E-state index in [9.17, 15) is 4.79 Å². The van der Waals surface area contributed by atoms with Crippen molar-refractivity contribution in [3.05, 3.63) is 24.3 Å². The Bertz CT molecular complexity index is 286. The largest absolute Gasteiger partial charge is 0.351 e. The van der Waals surface area contributed by atoms with E-state index < -0.39 is 0 Å². The van der Waals surface area contributed by atoms with Crippen LogP contribution in [0.4, 0.5) is 0 Å². The Morgan fingerprint density at radius 3 is 2.64 bits per heavy atom. The summed E-state index contributed by atoms with van der Waals surface area (Å²) in [5.74, 6) is -0.132. The molecule has 0 bridgehead atoms. The number of hydrogen-bond acceptors (Lipinski definition) is 4. The lowest BCUT2D eigenvalue weighted by molar-refractivity contribution is 0.0950. The fourth-order valence-electron chi connectivity index (χ4n) is 0.911. The van der Waals surface area contributed by atoms with E-state index in [1.807, 2.05) is 19.0 Å². The van der Waals surface area contributed by atoms with Gasteiger partial charge in [0.05, 0.1) is 5.56 Å². The zero-order valence-corrected chi connectivity index (χ0v) is 8.40. The molecule has 1 aromatic heterocycles. The number of carbonyl (C=O) groups is 1. The topological polar surface area (TPSA) is 58.1 Å². The lowest BCUT2D eigenvalue weighted by atomic mass is 10.3. The first kappa shape index (κ1) is 10.6. The first-order chi connectivity index (χ1) is 6.70. The van der Waals surface area contributed by atoms with Crippen molar-refractivity contribution in [1.82, 2.24) is 20.2 Å². The molecule has 1 N–H and O–H groups in total. The molecular formula is C9H14N4O. The first-order valence-corrected chi connectivity index (χ1v) is 4.38. The third-order valence-corrected chi connectivity index (χ3v) is 1.67. The average molecular weight is 194 g/mol. The Labute approximate surface area is 83.2 Å². The molecule has 1 rings (SSSR count). The van der Waals surface area contributed by atoms with Gasteiger partial charge in [0.15, 0.2) is 0 Å². The Hall–Kier alpha value is -1.49. The maximum atomic E-state index is 11.4. The second-order valence-corrected chi connectivity index (χ2v) is 3.19. The van der Waals surface area contributed by atoms with Crippen LogP contribution in [0.2, 0.25) is 0 Å². The molecule has 0 aliphatic rings. The predicted octanol–water partition coefficient (Wildman–Crippen LogP) is -0.232. The van der Waals surface area contributed by atoms with Crippen LogP contribution < -0.4 is 5.32 Å². The van der Waals surface area contributed by atoms with Crippen LogP contribution in [-0.2, 0) is 0 Å². The molecule has 0 aliphatic carbocycles. The number of likely N-dealkylation sites (N-methyl/N-ethyl adjacent to an activating group) is 1. The van der Waals surface area contributed by atoms with Crippen molar-refractivity contribution in [1.29, 1.82) is 0 Å². The molecule has 1 heterocycles. The van der Waals surface area contributed by atoms with E-state index in [1.165, 1.54) is 18.7 Å². The minimum atomic E-state index is -0.132. The van der Waals surface area contributed by atoms with Gasteiger partial charge in [-0.25, -0.2) is 9.97 Å². The molecular weight excluding hydrogens is 180 g/mol. The van der Waals surface area contributed by atoms with Crippen molar-refractivity contribution in [3.8, 4) is 0 Å². The van der Waals surface area contributed by atoms with Gasteiger partial charge in [0.1, 0.15) is 6.33 Å². The summed E-state index contributed by atoms with van der Waals surface area (Å²) in [5.41, 5.74) is 0.492. The zero-order chi connectivity index (χ0) is 10.4. The van der Waals surface area contributed by atoms with Gasteiger partial charge in [-0.15, -0.1) is 0 Å². The number of rotatable bonds is 4. The molecule has 5 heteroatoms. The minimum Gasteiger partial charge on any atom is -0.351 e. The van der Waals surface area contributed by atoms with Crippen molar-refractivity contribution in [3.63, 3.8) is 0 Å². The Kier molecular flexibility index (Phi) is 4.00. The quantitative estimate of drug-likeness (QED) is 0.719. The third-order valence-electron chi connectivity index (χ3n) is 1.67. The van der Waals surface area contributed by atoms with Gasteiger partial charge >= 0.3 is 0 Å². The number of nitrogens with one attached hydrogen (secondary N) is 1. The Morgan fingerprint density at radius 1 is 1.43 bits per heavy atom. The van der Waals surface area contributed by atoms with Crippen LogP contribution in [-0.4, -0.2) is 48.0 Å². The molecule has 0 spiro atoms. The number of aromatic nitrogens is 2. The lowest BCUT2D eigenvalue weighted by Crippen LogP contribution is -2.31. The van der Waals surface area contributed by atoms with Gasteiger partial charge in [-0.1, -0.05) is 0 Å². The molecule has 76 valence electrons. The van der Waals surface area contributed by atoms with Crippen LogP contribution in [0.15, 0.2) is 18.7 Å². The molecule has 0 saturated heterocycles. The fraction of sp³-hybridized carbons (Fsp3) is 0.444. The molecule has 0 saturated carbocycles. The summed E-state index contributed by atoms with van der Waals surface area (Å²) in [6.07, 6.45) is 4.40. The maximum absolute atomic E-state index is 11.4. The highest BCUT2D eigenvalue weighted by molar-refractivity contribution is 5.93. The van der Waals surface area contributed by atoms with E-state index >= 15 is 0 Å². The smallest absolute Gasteiger partial charge is 0.254 e. The summed E-state index contributed by atoms with van der Waals surface area (Å²) in [4.78, 5) is 21.0. The molecule has 1 aromatic rings. The van der Waals surface area contributed by atoms with Crippen LogP contribution in [0.1, 0.15) is 10.4 Å². The standard InChI is InChI=1S/C9H14N4O/c1-13(2)4-3-12-9(14)8-5-10-7-11-6-8/h5-7H,3-4H2,1-2H3,(H,12,14). The van der Waals surface area contributed by atoms with Crippen LogP contribution >= 0.6 is 0 Å². The predicted molar refractivity (Wildman–Crippen MR) is 52.9 cm³/mol. The molecule has 0 radical (unpaired) electrons. The van der Waals surface area contributed by atoms with Gasteiger partial charge in [-0.2, -0.15) is 0 Å². The highest BCUT2D eigenvalue weighted by Crippen LogP contribution is 1.91. The Balaban J connectivity index is 2.36. The van der Waals surface area contributed by atoms with Gasteiger partial charge in [-0.05, 0) is 14.1 Å². The second-order valence-electron chi connectivity index (χ2n) is 3.19. The maximum Gasteiger partial charge on any atom is 0.254 e. The number of hydrogen-bond donors (Lipinski definition) is 1. The van der Waals surface area contributed by atoms with Crippen LogP contribution in [0, 0.1) is 0 Å². The summed E-state index contributed by atoms with van der Waals surface area (Å²) in [7, 11) is 3.91.